The van der Waals surface area contributed by atoms with Gasteiger partial charge in [-0.25, -0.2) is 0 Å². The van der Waals surface area contributed by atoms with Gasteiger partial charge in [0.15, 0.2) is 6.10 Å². The summed E-state index contributed by atoms with van der Waals surface area (Å²) in [5.41, 5.74) is 0. The minimum absolute atomic E-state index is 0.0762. The van der Waals surface area contributed by atoms with E-state index in [0.29, 0.717) is 19.3 Å². The predicted octanol–water partition coefficient (Wildman–Crippen LogP) is 19.0. The molecule has 0 N–H and O–H groups in total. The first kappa shape index (κ1) is 63.4. The molecule has 0 aliphatic rings. The van der Waals surface area contributed by atoms with Crippen molar-refractivity contribution in [1.29, 1.82) is 0 Å². The third-order valence-corrected chi connectivity index (χ3v) is 12.6. The van der Waals surface area contributed by atoms with E-state index in [2.05, 4.69) is 69.4 Å². The van der Waals surface area contributed by atoms with E-state index in [1.807, 2.05) is 0 Å². The van der Waals surface area contributed by atoms with Crippen LogP contribution in [-0.4, -0.2) is 37.2 Å². The normalized spacial score (nSPS) is 12.3. The summed E-state index contributed by atoms with van der Waals surface area (Å²) in [6.45, 7) is 6.62. The van der Waals surface area contributed by atoms with Gasteiger partial charge >= 0.3 is 17.9 Å². The first-order valence-electron chi connectivity index (χ1n) is 28.6. The number of carbonyl (C=O) groups is 3. The maximum atomic E-state index is 12.8. The molecule has 0 aromatic rings. The van der Waals surface area contributed by atoms with Gasteiger partial charge in [-0.2, -0.15) is 0 Å². The van der Waals surface area contributed by atoms with Crippen LogP contribution in [0.2, 0.25) is 0 Å². The minimum Gasteiger partial charge on any atom is -0.462 e. The molecular formula is C60H108O6. The fraction of sp³-hybridized carbons (Fsp3) is 0.817. The predicted molar refractivity (Wildman–Crippen MR) is 284 cm³/mol. The molecule has 6 heteroatoms. The maximum absolute atomic E-state index is 12.8. The molecule has 0 spiro atoms. The van der Waals surface area contributed by atoms with E-state index < -0.39 is 6.10 Å². The highest BCUT2D eigenvalue weighted by Crippen LogP contribution is 2.16. The number of hydrogen-bond acceptors (Lipinski definition) is 6. The van der Waals surface area contributed by atoms with Gasteiger partial charge in [0, 0.05) is 19.3 Å². The van der Waals surface area contributed by atoms with Gasteiger partial charge in [0.05, 0.1) is 0 Å². The number of esters is 3. The second-order valence-electron chi connectivity index (χ2n) is 19.2. The van der Waals surface area contributed by atoms with Crippen molar-refractivity contribution in [2.24, 2.45) is 0 Å². The monoisotopic (exact) mass is 925 g/mol. The Labute approximate surface area is 409 Å². The van der Waals surface area contributed by atoms with Gasteiger partial charge in [-0.3, -0.25) is 14.4 Å². The Bertz CT molecular complexity index is 1150. The van der Waals surface area contributed by atoms with Crippen LogP contribution in [0.5, 0.6) is 0 Å². The SMILES string of the molecule is CCCCCC/C=C\C/C=C\CCCCCCCCCC(=O)OCC(COC(=O)CCCCCCCCCCCCCC)OC(=O)CCCCCCCCC/C=C\C/C=C\CCCCCC. The van der Waals surface area contributed by atoms with E-state index in [4.69, 9.17) is 14.2 Å². The van der Waals surface area contributed by atoms with Crippen molar-refractivity contribution in [2.45, 2.75) is 303 Å². The van der Waals surface area contributed by atoms with E-state index in [-0.39, 0.29) is 31.1 Å². The van der Waals surface area contributed by atoms with Crippen LogP contribution < -0.4 is 0 Å². The van der Waals surface area contributed by atoms with Gasteiger partial charge in [-0.05, 0) is 83.5 Å². The van der Waals surface area contributed by atoms with Crippen LogP contribution in [0.4, 0.5) is 0 Å². The Kier molecular flexibility index (Phi) is 52.8. The summed E-state index contributed by atoms with van der Waals surface area (Å²) in [7, 11) is 0. The van der Waals surface area contributed by atoms with Gasteiger partial charge in [-0.15, -0.1) is 0 Å². The standard InChI is InChI=1S/C60H108O6/c1-4-7-10-13-16-19-22-25-27-29-31-33-35-38-41-44-47-50-53-59(62)65-56-57(55-64-58(61)52-49-46-43-40-37-24-21-18-15-12-9-6-3)66-60(63)54-51-48-45-42-39-36-34-32-30-28-26-23-20-17-14-11-8-5-2/h19-20,22-23,27-30,57H,4-18,21,24-26,31-56H2,1-3H3/b22-19-,23-20-,29-27-,30-28-. The molecule has 0 saturated heterocycles. The van der Waals surface area contributed by atoms with E-state index in [1.54, 1.807) is 0 Å². The number of carbonyl (C=O) groups excluding carboxylic acids is 3. The molecule has 0 rings (SSSR count). The number of rotatable bonds is 52. The van der Waals surface area contributed by atoms with E-state index in [9.17, 15) is 14.4 Å². The van der Waals surface area contributed by atoms with Gasteiger partial charge < -0.3 is 14.2 Å². The summed E-state index contributed by atoms with van der Waals surface area (Å²) in [5, 5.41) is 0. The average Bonchev–Trinajstić information content (AvgIpc) is 3.31. The zero-order valence-electron chi connectivity index (χ0n) is 44.0. The zero-order chi connectivity index (χ0) is 47.9. The maximum Gasteiger partial charge on any atom is 0.306 e. The highest BCUT2D eigenvalue weighted by atomic mass is 16.6. The average molecular weight is 926 g/mol. The smallest absolute Gasteiger partial charge is 0.306 e. The lowest BCUT2D eigenvalue weighted by molar-refractivity contribution is -0.167. The zero-order valence-corrected chi connectivity index (χ0v) is 44.0. The number of hydrogen-bond donors (Lipinski definition) is 0. The van der Waals surface area contributed by atoms with Crippen LogP contribution in [0.25, 0.3) is 0 Å². The van der Waals surface area contributed by atoms with Crippen molar-refractivity contribution >= 4 is 17.9 Å². The largest absolute Gasteiger partial charge is 0.462 e. The van der Waals surface area contributed by atoms with Crippen molar-refractivity contribution in [3.63, 3.8) is 0 Å². The van der Waals surface area contributed by atoms with Crippen molar-refractivity contribution in [3.05, 3.63) is 48.6 Å². The van der Waals surface area contributed by atoms with Crippen LogP contribution in [0.1, 0.15) is 297 Å². The molecule has 0 heterocycles. The van der Waals surface area contributed by atoms with Gasteiger partial charge in [0.25, 0.3) is 0 Å². The summed E-state index contributed by atoms with van der Waals surface area (Å²) >= 11 is 0. The summed E-state index contributed by atoms with van der Waals surface area (Å²) in [5.74, 6) is -0.879. The first-order valence-corrected chi connectivity index (χ1v) is 28.6. The highest BCUT2D eigenvalue weighted by Gasteiger charge is 2.19. The topological polar surface area (TPSA) is 78.9 Å². The van der Waals surface area contributed by atoms with Crippen molar-refractivity contribution in [2.75, 3.05) is 13.2 Å². The van der Waals surface area contributed by atoms with Crippen molar-refractivity contribution < 1.29 is 28.6 Å². The first-order chi connectivity index (χ1) is 32.5. The number of allylic oxidation sites excluding steroid dienone is 8. The Morgan fingerprint density at radius 1 is 0.303 bits per heavy atom. The van der Waals surface area contributed by atoms with Crippen molar-refractivity contribution in [1.82, 2.24) is 0 Å². The number of unbranched alkanes of at least 4 members (excludes halogenated alkanes) is 33. The molecule has 0 aliphatic heterocycles. The molecule has 1 unspecified atom stereocenters. The molecule has 0 saturated carbocycles. The molecule has 66 heavy (non-hydrogen) atoms. The summed E-state index contributed by atoms with van der Waals surface area (Å²) in [6, 6.07) is 0. The van der Waals surface area contributed by atoms with Crippen LogP contribution in [-0.2, 0) is 28.6 Å². The Morgan fingerprint density at radius 3 is 0.848 bits per heavy atom. The molecule has 0 aromatic carbocycles. The van der Waals surface area contributed by atoms with E-state index >= 15 is 0 Å². The Morgan fingerprint density at radius 2 is 0.545 bits per heavy atom. The molecular weight excluding hydrogens is 817 g/mol. The summed E-state index contributed by atoms with van der Waals surface area (Å²) in [4.78, 5) is 38.1. The molecule has 0 amide bonds. The third-order valence-electron chi connectivity index (χ3n) is 12.6. The molecule has 1 atom stereocenters. The molecule has 0 aliphatic carbocycles. The second kappa shape index (κ2) is 55.0. The van der Waals surface area contributed by atoms with Crippen LogP contribution >= 0.6 is 0 Å². The molecule has 0 radical (unpaired) electrons. The van der Waals surface area contributed by atoms with Crippen LogP contribution in [0.3, 0.4) is 0 Å². The summed E-state index contributed by atoms with van der Waals surface area (Å²) in [6.07, 6.45) is 66.6. The van der Waals surface area contributed by atoms with Crippen LogP contribution in [0, 0.1) is 0 Å². The third kappa shape index (κ3) is 52.3. The van der Waals surface area contributed by atoms with Crippen molar-refractivity contribution in [3.8, 4) is 0 Å². The molecule has 0 bridgehead atoms. The van der Waals surface area contributed by atoms with Gasteiger partial charge in [0.1, 0.15) is 13.2 Å². The Hall–Kier alpha value is -2.63. The number of ether oxygens (including phenoxy) is 3. The van der Waals surface area contributed by atoms with Gasteiger partial charge in [0.2, 0.25) is 0 Å². The highest BCUT2D eigenvalue weighted by molar-refractivity contribution is 5.71. The minimum atomic E-state index is -0.778. The fourth-order valence-electron chi connectivity index (χ4n) is 8.21. The quantitative estimate of drug-likeness (QED) is 0.0262. The molecule has 6 nitrogen and oxygen atoms in total. The van der Waals surface area contributed by atoms with E-state index in [0.717, 1.165) is 83.5 Å². The molecule has 0 fully saturated rings. The fourth-order valence-corrected chi connectivity index (χ4v) is 8.21. The lowest BCUT2D eigenvalue weighted by Crippen LogP contribution is -2.30. The van der Waals surface area contributed by atoms with E-state index in [1.165, 1.54) is 173 Å². The second-order valence-corrected chi connectivity index (χ2v) is 19.2. The molecule has 0 aromatic heterocycles. The lowest BCUT2D eigenvalue weighted by atomic mass is 10.0. The molecule has 384 valence electrons. The van der Waals surface area contributed by atoms with Gasteiger partial charge in [-0.1, -0.05) is 243 Å². The summed E-state index contributed by atoms with van der Waals surface area (Å²) < 4.78 is 16.9. The Balaban J connectivity index is 4.36. The van der Waals surface area contributed by atoms with Crippen LogP contribution in [0.15, 0.2) is 48.6 Å². The lowest BCUT2D eigenvalue weighted by Gasteiger charge is -2.18.